The molecule has 0 aromatic rings. The quantitative estimate of drug-likeness (QED) is 0.366. The van der Waals surface area contributed by atoms with Gasteiger partial charge in [-0.3, -0.25) is 0 Å². The molecule has 3 heteroatoms. The van der Waals surface area contributed by atoms with Crippen LogP contribution in [0, 0.1) is 24.2 Å². The molecular formula is C17H29NO2. The van der Waals surface area contributed by atoms with E-state index in [0.717, 1.165) is 45.3 Å². The van der Waals surface area contributed by atoms with Crippen LogP contribution in [0.1, 0.15) is 39.0 Å². The molecule has 1 rings (SSSR count). The highest BCUT2D eigenvalue weighted by molar-refractivity contribution is 4.93. The second-order valence-electron chi connectivity index (χ2n) is 5.74. The lowest BCUT2D eigenvalue weighted by Gasteiger charge is -2.25. The Hall–Kier alpha value is -0.820. The lowest BCUT2D eigenvalue weighted by Crippen LogP contribution is -2.32. The van der Waals surface area contributed by atoms with Crippen molar-refractivity contribution in [3.63, 3.8) is 0 Å². The number of nitrogens with one attached hydrogen (secondary N) is 1. The van der Waals surface area contributed by atoms with E-state index in [1.54, 1.807) is 0 Å². The van der Waals surface area contributed by atoms with Crippen LogP contribution in [0.2, 0.25) is 0 Å². The van der Waals surface area contributed by atoms with E-state index >= 15 is 0 Å². The van der Waals surface area contributed by atoms with Gasteiger partial charge in [0.1, 0.15) is 0 Å². The third kappa shape index (κ3) is 7.69. The van der Waals surface area contributed by atoms with Gasteiger partial charge in [-0.25, -0.2) is 0 Å². The van der Waals surface area contributed by atoms with Gasteiger partial charge in [0.25, 0.3) is 0 Å². The molecule has 0 radical (unpaired) electrons. The van der Waals surface area contributed by atoms with Gasteiger partial charge >= 0.3 is 0 Å². The summed E-state index contributed by atoms with van der Waals surface area (Å²) >= 11 is 0. The zero-order valence-electron chi connectivity index (χ0n) is 12.7. The largest absolute Gasteiger partial charge is 0.389 e. The van der Waals surface area contributed by atoms with Crippen LogP contribution in [0.4, 0.5) is 0 Å². The summed E-state index contributed by atoms with van der Waals surface area (Å²) in [5.41, 5.74) is 0. The van der Waals surface area contributed by atoms with Gasteiger partial charge in [0, 0.05) is 13.0 Å². The van der Waals surface area contributed by atoms with Crippen LogP contribution in [0.15, 0.2) is 12.2 Å². The Labute approximate surface area is 123 Å². The summed E-state index contributed by atoms with van der Waals surface area (Å²) in [5.74, 6) is 3.92. The van der Waals surface area contributed by atoms with E-state index in [-0.39, 0.29) is 0 Å². The fourth-order valence-corrected chi connectivity index (χ4v) is 2.40. The van der Waals surface area contributed by atoms with Crippen molar-refractivity contribution >= 4 is 0 Å². The molecule has 2 N–H and O–H groups in total. The van der Waals surface area contributed by atoms with E-state index in [9.17, 15) is 5.11 Å². The van der Waals surface area contributed by atoms with Crippen LogP contribution in [-0.4, -0.2) is 37.5 Å². The predicted octanol–water partition coefficient (Wildman–Crippen LogP) is 2.36. The summed E-state index contributed by atoms with van der Waals surface area (Å²) in [6.45, 7) is 4.94. The zero-order valence-corrected chi connectivity index (χ0v) is 12.7. The summed E-state index contributed by atoms with van der Waals surface area (Å²) in [4.78, 5) is 0. The van der Waals surface area contributed by atoms with Gasteiger partial charge < -0.3 is 15.2 Å². The highest BCUT2D eigenvalue weighted by Crippen LogP contribution is 2.24. The molecule has 0 saturated heterocycles. The summed E-state index contributed by atoms with van der Waals surface area (Å²) in [6, 6.07) is 0. The van der Waals surface area contributed by atoms with Crippen LogP contribution in [0.5, 0.6) is 0 Å². The van der Waals surface area contributed by atoms with Gasteiger partial charge in [0.15, 0.2) is 0 Å². The van der Waals surface area contributed by atoms with Crippen LogP contribution in [0.25, 0.3) is 0 Å². The molecule has 1 aliphatic rings. The minimum absolute atomic E-state index is 0.419. The minimum atomic E-state index is -0.419. The average molecular weight is 279 g/mol. The van der Waals surface area contributed by atoms with E-state index in [2.05, 4.69) is 30.3 Å². The van der Waals surface area contributed by atoms with Crippen molar-refractivity contribution in [2.75, 3.05) is 26.3 Å². The first-order valence-electron chi connectivity index (χ1n) is 7.79. The molecule has 0 aromatic carbocycles. The number of terminal acetylenes is 1. The number of ether oxygens (including phenoxy) is 1. The number of allylic oxidation sites excluding steroid dienone is 2. The summed E-state index contributed by atoms with van der Waals surface area (Å²) in [6.07, 6.45) is 14.4. The maximum absolute atomic E-state index is 9.81. The Kier molecular flexibility index (Phi) is 9.40. The molecule has 3 atom stereocenters. The van der Waals surface area contributed by atoms with Crippen LogP contribution in [0.3, 0.4) is 0 Å². The van der Waals surface area contributed by atoms with Crippen molar-refractivity contribution in [1.29, 1.82) is 0 Å². The first-order valence-corrected chi connectivity index (χ1v) is 7.79. The monoisotopic (exact) mass is 279 g/mol. The second kappa shape index (κ2) is 10.9. The molecule has 0 spiro atoms. The molecule has 3 unspecified atom stereocenters. The Balaban J connectivity index is 1.96. The molecule has 0 aromatic heterocycles. The molecule has 0 heterocycles. The van der Waals surface area contributed by atoms with Crippen molar-refractivity contribution in [3.05, 3.63) is 12.2 Å². The molecule has 0 fully saturated rings. The van der Waals surface area contributed by atoms with E-state index in [0.29, 0.717) is 25.0 Å². The highest BCUT2D eigenvalue weighted by Gasteiger charge is 2.18. The van der Waals surface area contributed by atoms with Crippen molar-refractivity contribution in [1.82, 2.24) is 5.32 Å². The summed E-state index contributed by atoms with van der Waals surface area (Å²) in [7, 11) is 0. The second-order valence-corrected chi connectivity index (χ2v) is 5.74. The lowest BCUT2D eigenvalue weighted by molar-refractivity contribution is 0.0129. The lowest BCUT2D eigenvalue weighted by atomic mass is 9.85. The third-order valence-corrected chi connectivity index (χ3v) is 3.86. The number of hydrogen-bond donors (Lipinski definition) is 2. The van der Waals surface area contributed by atoms with E-state index in [4.69, 9.17) is 11.2 Å². The fourth-order valence-electron chi connectivity index (χ4n) is 2.40. The first-order chi connectivity index (χ1) is 9.74. The van der Waals surface area contributed by atoms with E-state index < -0.39 is 6.10 Å². The fraction of sp³-hybridized carbons (Fsp3) is 0.765. The Morgan fingerprint density at radius 1 is 1.40 bits per heavy atom. The Morgan fingerprint density at radius 3 is 2.95 bits per heavy atom. The van der Waals surface area contributed by atoms with Crippen molar-refractivity contribution in [3.8, 4) is 12.3 Å². The number of aliphatic hydroxyl groups excluding tert-OH is 1. The molecule has 3 nitrogen and oxygen atoms in total. The molecule has 0 bridgehead atoms. The van der Waals surface area contributed by atoms with Gasteiger partial charge in [-0.05, 0) is 44.1 Å². The minimum Gasteiger partial charge on any atom is -0.389 e. The molecule has 114 valence electrons. The topological polar surface area (TPSA) is 41.5 Å². The number of rotatable bonds is 10. The predicted molar refractivity (Wildman–Crippen MR) is 83.4 cm³/mol. The molecule has 0 saturated carbocycles. The van der Waals surface area contributed by atoms with Crippen LogP contribution in [-0.2, 0) is 4.74 Å². The van der Waals surface area contributed by atoms with Gasteiger partial charge in [-0.15, -0.1) is 12.3 Å². The number of hydrogen-bond acceptors (Lipinski definition) is 3. The van der Waals surface area contributed by atoms with E-state index in [1.165, 1.54) is 0 Å². The summed E-state index contributed by atoms with van der Waals surface area (Å²) in [5, 5.41) is 13.0. The average Bonchev–Trinajstić information content (AvgIpc) is 2.45. The SMILES string of the molecule is C#CCCCCNCC(O)COCC1CC=CCC1C. The van der Waals surface area contributed by atoms with Crippen molar-refractivity contribution in [2.45, 2.75) is 45.1 Å². The Bertz CT molecular complexity index is 309. The third-order valence-electron chi connectivity index (χ3n) is 3.86. The van der Waals surface area contributed by atoms with Gasteiger partial charge in [0.2, 0.25) is 0 Å². The zero-order chi connectivity index (χ0) is 14.6. The molecule has 0 amide bonds. The highest BCUT2D eigenvalue weighted by atomic mass is 16.5. The maximum atomic E-state index is 9.81. The van der Waals surface area contributed by atoms with Crippen molar-refractivity contribution < 1.29 is 9.84 Å². The number of unbranched alkanes of at least 4 members (excludes halogenated alkanes) is 2. The van der Waals surface area contributed by atoms with Gasteiger partial charge in [-0.2, -0.15) is 0 Å². The normalized spacial score (nSPS) is 23.4. The number of aliphatic hydroxyl groups is 1. The standard InChI is InChI=1S/C17H29NO2/c1-3-4-5-8-11-18-12-17(19)14-20-13-16-10-7-6-9-15(16)2/h1,6-7,15-19H,4-5,8-14H2,2H3. The molecule has 20 heavy (non-hydrogen) atoms. The maximum Gasteiger partial charge on any atom is 0.0897 e. The molecule has 1 aliphatic carbocycles. The first kappa shape index (κ1) is 17.2. The van der Waals surface area contributed by atoms with Gasteiger partial charge in [-0.1, -0.05) is 19.1 Å². The van der Waals surface area contributed by atoms with E-state index in [1.807, 2.05) is 0 Å². The van der Waals surface area contributed by atoms with Crippen LogP contribution >= 0.6 is 0 Å². The van der Waals surface area contributed by atoms with Crippen LogP contribution < -0.4 is 5.32 Å². The molecular weight excluding hydrogens is 250 g/mol. The van der Waals surface area contributed by atoms with Crippen molar-refractivity contribution in [2.24, 2.45) is 11.8 Å². The molecule has 0 aliphatic heterocycles. The smallest absolute Gasteiger partial charge is 0.0897 e. The van der Waals surface area contributed by atoms with Gasteiger partial charge in [0.05, 0.1) is 19.3 Å². The summed E-state index contributed by atoms with van der Waals surface area (Å²) < 4.78 is 5.65. The Morgan fingerprint density at radius 2 is 2.20 bits per heavy atom.